The molecule has 7 heteroatoms. The normalized spacial score (nSPS) is 26.7. The van der Waals surface area contributed by atoms with Gasteiger partial charge < -0.3 is 25.1 Å². The van der Waals surface area contributed by atoms with Gasteiger partial charge in [-0.3, -0.25) is 0 Å². The van der Waals surface area contributed by atoms with Crippen LogP contribution in [0.25, 0.3) is 0 Å². The molecule has 144 valence electrons. The smallest absolute Gasteiger partial charge is 0.224 e. The topological polar surface area (TPSA) is 67.8 Å². The number of nitrogens with one attached hydrogen (secondary N) is 1. The Balaban J connectivity index is 1.31. The number of β-amino-alcohol motifs (C(OH)–C–C–N with tert-alkyl or cyclic N) is 1. The lowest BCUT2D eigenvalue weighted by Crippen LogP contribution is -2.47. The van der Waals surface area contributed by atoms with Crippen LogP contribution in [0.4, 0.5) is 11.8 Å². The van der Waals surface area contributed by atoms with Crippen LogP contribution < -0.4 is 10.2 Å². The van der Waals surface area contributed by atoms with Gasteiger partial charge in [-0.05, 0) is 38.8 Å². The highest BCUT2D eigenvalue weighted by Gasteiger charge is 2.44. The first kappa shape index (κ1) is 17.9. The minimum atomic E-state index is -0.242. The largest absolute Gasteiger partial charge is 0.391 e. The Kier molecular flexibility index (Phi) is 5.29. The second-order valence-corrected chi connectivity index (χ2v) is 8.41. The first-order chi connectivity index (χ1) is 12.6. The molecule has 26 heavy (non-hydrogen) atoms. The van der Waals surface area contributed by atoms with Crippen molar-refractivity contribution in [2.45, 2.75) is 31.8 Å². The van der Waals surface area contributed by atoms with E-state index in [-0.39, 0.29) is 6.10 Å². The standard InChI is InChI=1S/C19H32N6O/c1-23-9-11-24(12-10-23)15-19(5-6-19)14-21-18-20-7-4-17(22-18)25-8-2-3-16(26)13-25/h4,7,16,26H,2-3,5-6,8-15H2,1H3,(H,20,21,22)/t16-/m0/s1. The number of piperidine rings is 1. The van der Waals surface area contributed by atoms with Crippen molar-refractivity contribution in [3.63, 3.8) is 0 Å². The second-order valence-electron chi connectivity index (χ2n) is 8.41. The maximum Gasteiger partial charge on any atom is 0.224 e. The van der Waals surface area contributed by atoms with Crippen molar-refractivity contribution in [2.75, 3.05) is 69.6 Å². The molecule has 3 heterocycles. The maximum absolute atomic E-state index is 9.89. The van der Waals surface area contributed by atoms with Gasteiger partial charge in [0, 0.05) is 64.0 Å². The number of nitrogens with zero attached hydrogens (tertiary/aromatic N) is 5. The van der Waals surface area contributed by atoms with Gasteiger partial charge in [-0.1, -0.05) is 0 Å². The van der Waals surface area contributed by atoms with Crippen molar-refractivity contribution in [1.29, 1.82) is 0 Å². The fourth-order valence-corrected chi connectivity index (χ4v) is 4.09. The molecule has 1 saturated carbocycles. The predicted molar refractivity (Wildman–Crippen MR) is 104 cm³/mol. The molecular weight excluding hydrogens is 328 g/mol. The molecule has 1 aromatic rings. The molecule has 1 aliphatic carbocycles. The minimum Gasteiger partial charge on any atom is -0.391 e. The highest BCUT2D eigenvalue weighted by Crippen LogP contribution is 2.46. The molecule has 3 fully saturated rings. The Bertz CT molecular complexity index is 599. The van der Waals surface area contributed by atoms with Crippen molar-refractivity contribution >= 4 is 11.8 Å². The van der Waals surface area contributed by atoms with Gasteiger partial charge in [-0.25, -0.2) is 4.98 Å². The van der Waals surface area contributed by atoms with Crippen molar-refractivity contribution in [1.82, 2.24) is 19.8 Å². The van der Waals surface area contributed by atoms with Gasteiger partial charge in [0.15, 0.2) is 0 Å². The Morgan fingerprint density at radius 3 is 2.77 bits per heavy atom. The van der Waals surface area contributed by atoms with E-state index < -0.39 is 0 Å². The summed E-state index contributed by atoms with van der Waals surface area (Å²) in [6.07, 6.45) is 6.08. The average Bonchev–Trinajstić information content (AvgIpc) is 3.42. The van der Waals surface area contributed by atoms with Crippen LogP contribution in [0.3, 0.4) is 0 Å². The molecule has 0 unspecified atom stereocenters. The number of hydrogen-bond donors (Lipinski definition) is 2. The van der Waals surface area contributed by atoms with Gasteiger partial charge in [-0.15, -0.1) is 0 Å². The molecule has 1 aromatic heterocycles. The van der Waals surface area contributed by atoms with Crippen LogP contribution >= 0.6 is 0 Å². The Hall–Kier alpha value is -1.44. The van der Waals surface area contributed by atoms with E-state index in [0.29, 0.717) is 17.9 Å². The van der Waals surface area contributed by atoms with Crippen molar-refractivity contribution in [3.05, 3.63) is 12.3 Å². The number of likely N-dealkylation sites (N-methyl/N-ethyl adjacent to an activating group) is 1. The number of piperazine rings is 1. The van der Waals surface area contributed by atoms with Gasteiger partial charge in [0.25, 0.3) is 0 Å². The number of aliphatic hydroxyl groups excluding tert-OH is 1. The molecule has 3 aliphatic rings. The third-order valence-corrected chi connectivity index (χ3v) is 6.09. The van der Waals surface area contributed by atoms with E-state index in [1.54, 1.807) is 0 Å². The number of anilines is 2. The summed E-state index contributed by atoms with van der Waals surface area (Å²) in [6.45, 7) is 8.48. The fraction of sp³-hybridized carbons (Fsp3) is 0.789. The SMILES string of the molecule is CN1CCN(CC2(CNc3nccc(N4CCC[C@H](O)C4)n3)CC2)CC1. The number of hydrogen-bond acceptors (Lipinski definition) is 7. The molecular formula is C19H32N6O. The zero-order chi connectivity index (χ0) is 18.0. The van der Waals surface area contributed by atoms with Crippen LogP contribution in [-0.4, -0.2) is 90.4 Å². The molecule has 0 amide bonds. The van der Waals surface area contributed by atoms with E-state index in [0.717, 1.165) is 31.7 Å². The van der Waals surface area contributed by atoms with Gasteiger partial charge in [-0.2, -0.15) is 4.98 Å². The van der Waals surface area contributed by atoms with E-state index in [9.17, 15) is 5.11 Å². The van der Waals surface area contributed by atoms with Gasteiger partial charge in [0.2, 0.25) is 5.95 Å². The molecule has 0 aromatic carbocycles. The average molecular weight is 361 g/mol. The quantitative estimate of drug-likeness (QED) is 0.780. The zero-order valence-electron chi connectivity index (χ0n) is 15.9. The Morgan fingerprint density at radius 2 is 2.04 bits per heavy atom. The molecule has 2 saturated heterocycles. The molecule has 0 bridgehead atoms. The summed E-state index contributed by atoms with van der Waals surface area (Å²) in [5, 5.41) is 13.4. The summed E-state index contributed by atoms with van der Waals surface area (Å²) in [7, 11) is 2.21. The molecule has 7 nitrogen and oxygen atoms in total. The van der Waals surface area contributed by atoms with Crippen LogP contribution in [-0.2, 0) is 0 Å². The highest BCUT2D eigenvalue weighted by molar-refractivity contribution is 5.43. The number of rotatable bonds is 6. The highest BCUT2D eigenvalue weighted by atomic mass is 16.3. The van der Waals surface area contributed by atoms with Crippen LogP contribution in [0.15, 0.2) is 12.3 Å². The summed E-state index contributed by atoms with van der Waals surface area (Å²) in [6, 6.07) is 1.94. The van der Waals surface area contributed by atoms with Crippen LogP contribution in [0, 0.1) is 5.41 Å². The van der Waals surface area contributed by atoms with Crippen molar-refractivity contribution in [3.8, 4) is 0 Å². The zero-order valence-corrected chi connectivity index (χ0v) is 15.9. The summed E-state index contributed by atoms with van der Waals surface area (Å²) in [4.78, 5) is 16.3. The van der Waals surface area contributed by atoms with E-state index in [2.05, 4.69) is 32.0 Å². The summed E-state index contributed by atoms with van der Waals surface area (Å²) < 4.78 is 0. The van der Waals surface area contributed by atoms with Gasteiger partial charge in [0.05, 0.1) is 6.10 Å². The molecule has 2 N–H and O–H groups in total. The fourth-order valence-electron chi connectivity index (χ4n) is 4.09. The lowest BCUT2D eigenvalue weighted by molar-refractivity contribution is 0.133. The first-order valence-corrected chi connectivity index (χ1v) is 10.0. The van der Waals surface area contributed by atoms with Gasteiger partial charge >= 0.3 is 0 Å². The van der Waals surface area contributed by atoms with E-state index in [1.165, 1.54) is 45.6 Å². The third kappa shape index (κ3) is 4.45. The van der Waals surface area contributed by atoms with E-state index in [1.807, 2.05) is 12.3 Å². The van der Waals surface area contributed by atoms with Crippen molar-refractivity contribution < 1.29 is 5.11 Å². The van der Waals surface area contributed by atoms with Gasteiger partial charge in [0.1, 0.15) is 5.82 Å². The Labute approximate surface area is 156 Å². The molecule has 4 rings (SSSR count). The molecule has 0 spiro atoms. The number of aromatic nitrogens is 2. The van der Waals surface area contributed by atoms with Crippen molar-refractivity contribution in [2.24, 2.45) is 5.41 Å². The van der Waals surface area contributed by atoms with Crippen LogP contribution in [0.1, 0.15) is 25.7 Å². The molecule has 0 radical (unpaired) electrons. The lowest BCUT2D eigenvalue weighted by atomic mass is 10.1. The first-order valence-electron chi connectivity index (χ1n) is 10.0. The molecule has 2 aliphatic heterocycles. The summed E-state index contributed by atoms with van der Waals surface area (Å²) in [5.41, 5.74) is 0.399. The van der Waals surface area contributed by atoms with Crippen LogP contribution in [0.5, 0.6) is 0 Å². The third-order valence-electron chi connectivity index (χ3n) is 6.09. The minimum absolute atomic E-state index is 0.242. The van der Waals surface area contributed by atoms with Crippen LogP contribution in [0.2, 0.25) is 0 Å². The van der Waals surface area contributed by atoms with E-state index >= 15 is 0 Å². The summed E-state index contributed by atoms with van der Waals surface area (Å²) >= 11 is 0. The monoisotopic (exact) mass is 360 g/mol. The lowest BCUT2D eigenvalue weighted by Gasteiger charge is -2.35. The maximum atomic E-state index is 9.89. The Morgan fingerprint density at radius 1 is 1.23 bits per heavy atom. The second kappa shape index (κ2) is 7.66. The molecule has 1 atom stereocenters. The number of aliphatic hydroxyl groups is 1. The summed E-state index contributed by atoms with van der Waals surface area (Å²) in [5.74, 6) is 1.64. The predicted octanol–water partition coefficient (Wildman–Crippen LogP) is 0.877. The van der Waals surface area contributed by atoms with E-state index in [4.69, 9.17) is 4.98 Å².